The molecule has 0 saturated carbocycles. The lowest BCUT2D eigenvalue weighted by atomic mass is 9.72. The molecule has 4 nitrogen and oxygen atoms in total. The number of methoxy groups -OCH3 is 2. The lowest BCUT2D eigenvalue weighted by molar-refractivity contribution is -0.149. The highest BCUT2D eigenvalue weighted by molar-refractivity contribution is 7.99. The zero-order chi connectivity index (χ0) is 23.3. The topological polar surface area (TPSA) is 52.6 Å². The molecule has 3 aromatic carbocycles. The van der Waals surface area contributed by atoms with Crippen LogP contribution in [0.5, 0.6) is 5.75 Å². The molecule has 0 radical (unpaired) electrons. The lowest BCUT2D eigenvalue weighted by Crippen LogP contribution is -2.46. The van der Waals surface area contributed by atoms with Gasteiger partial charge >= 0.3 is 5.97 Å². The molecule has 0 fully saturated rings. The number of esters is 1. The first kappa shape index (κ1) is 22.7. The van der Waals surface area contributed by atoms with Crippen molar-refractivity contribution in [3.05, 3.63) is 107 Å². The standard InChI is InChI=1S/C28H24O4S/c1-31-22-17-15-21(16-18-22)26-28(27(30)32-2,19-9-8-12-20-10-4-3-5-11-20)25(29)23-13-6-7-14-24(23)33-26/h3-7,9-18,26H,19H2,1-2H3. The number of thioether (sulfide) groups is 1. The number of hydrogen-bond acceptors (Lipinski definition) is 5. The van der Waals surface area contributed by atoms with Gasteiger partial charge in [-0.25, -0.2) is 0 Å². The van der Waals surface area contributed by atoms with Crippen LogP contribution in [0.15, 0.2) is 95.6 Å². The minimum atomic E-state index is -1.42. The normalized spacial score (nSPS) is 19.1. The number of ether oxygens (including phenoxy) is 2. The van der Waals surface area contributed by atoms with Gasteiger partial charge in [0, 0.05) is 10.5 Å². The molecule has 1 aliphatic heterocycles. The van der Waals surface area contributed by atoms with Gasteiger partial charge < -0.3 is 9.47 Å². The Balaban J connectivity index is 1.82. The van der Waals surface area contributed by atoms with E-state index in [2.05, 4.69) is 5.73 Å². The van der Waals surface area contributed by atoms with Gasteiger partial charge in [-0.1, -0.05) is 60.7 Å². The maximum atomic E-state index is 13.9. The number of allylic oxidation sites excluding steroid dienone is 1. The van der Waals surface area contributed by atoms with E-state index in [9.17, 15) is 9.59 Å². The van der Waals surface area contributed by atoms with E-state index >= 15 is 0 Å². The fourth-order valence-corrected chi connectivity index (χ4v) is 5.56. The Morgan fingerprint density at radius 2 is 1.70 bits per heavy atom. The highest BCUT2D eigenvalue weighted by atomic mass is 32.2. The molecule has 3 aromatic rings. The molecule has 5 heteroatoms. The molecular weight excluding hydrogens is 432 g/mol. The van der Waals surface area contributed by atoms with E-state index in [0.717, 1.165) is 16.0 Å². The van der Waals surface area contributed by atoms with Gasteiger partial charge in [-0.15, -0.1) is 17.5 Å². The monoisotopic (exact) mass is 456 g/mol. The van der Waals surface area contributed by atoms with Crippen molar-refractivity contribution in [2.24, 2.45) is 5.41 Å². The summed E-state index contributed by atoms with van der Waals surface area (Å²) in [4.78, 5) is 28.1. The molecule has 1 aliphatic rings. The number of ketones is 1. The molecule has 33 heavy (non-hydrogen) atoms. The van der Waals surface area contributed by atoms with Gasteiger partial charge in [0.2, 0.25) is 0 Å². The SMILES string of the molecule is COC(=O)C1(CC=C=Cc2ccccc2)C(=O)c2ccccc2SC1c1ccc(OC)cc1. The first-order valence-corrected chi connectivity index (χ1v) is 11.5. The van der Waals surface area contributed by atoms with Crippen LogP contribution in [0.2, 0.25) is 0 Å². The number of rotatable bonds is 6. The van der Waals surface area contributed by atoms with Crippen LogP contribution < -0.4 is 4.74 Å². The fraction of sp³-hybridized carbons (Fsp3) is 0.179. The van der Waals surface area contributed by atoms with E-state index in [4.69, 9.17) is 9.47 Å². The average Bonchev–Trinajstić information content (AvgIpc) is 2.88. The van der Waals surface area contributed by atoms with Crippen LogP contribution in [-0.4, -0.2) is 26.0 Å². The minimum Gasteiger partial charge on any atom is -0.497 e. The molecule has 2 unspecified atom stereocenters. The summed E-state index contributed by atoms with van der Waals surface area (Å²) in [5, 5.41) is -0.465. The Hall–Kier alpha value is -3.53. The van der Waals surface area contributed by atoms with Gasteiger partial charge in [-0.2, -0.15) is 0 Å². The van der Waals surface area contributed by atoms with Gasteiger partial charge in [0.1, 0.15) is 5.75 Å². The Bertz CT molecular complexity index is 1210. The zero-order valence-corrected chi connectivity index (χ0v) is 19.3. The third-order valence-electron chi connectivity index (χ3n) is 5.79. The number of carbonyl (C=O) groups is 2. The van der Waals surface area contributed by atoms with Gasteiger partial charge in [-0.05, 0) is 47.9 Å². The second kappa shape index (κ2) is 9.95. The van der Waals surface area contributed by atoms with Crippen molar-refractivity contribution in [3.8, 4) is 5.75 Å². The molecular formula is C28H24O4S. The lowest BCUT2D eigenvalue weighted by Gasteiger charge is -2.40. The van der Waals surface area contributed by atoms with Crippen LogP contribution in [0.1, 0.15) is 33.2 Å². The average molecular weight is 457 g/mol. The summed E-state index contributed by atoms with van der Waals surface area (Å²) in [7, 11) is 2.93. The Labute approximate surface area is 197 Å². The predicted octanol–water partition coefficient (Wildman–Crippen LogP) is 6.14. The highest BCUT2D eigenvalue weighted by Crippen LogP contribution is 2.56. The number of hydrogen-bond donors (Lipinski definition) is 0. The highest BCUT2D eigenvalue weighted by Gasteiger charge is 2.56. The first-order chi connectivity index (χ1) is 16.1. The summed E-state index contributed by atoms with van der Waals surface area (Å²) in [6.45, 7) is 0. The first-order valence-electron chi connectivity index (χ1n) is 10.6. The molecule has 166 valence electrons. The number of fused-ring (bicyclic) bond motifs is 1. The maximum absolute atomic E-state index is 13.9. The smallest absolute Gasteiger partial charge is 0.321 e. The van der Waals surface area contributed by atoms with Gasteiger partial charge in [0.25, 0.3) is 0 Å². The van der Waals surface area contributed by atoms with Crippen LogP contribution in [-0.2, 0) is 9.53 Å². The van der Waals surface area contributed by atoms with Gasteiger partial charge in [-0.3, -0.25) is 9.59 Å². The maximum Gasteiger partial charge on any atom is 0.321 e. The predicted molar refractivity (Wildman–Crippen MR) is 130 cm³/mol. The van der Waals surface area contributed by atoms with Crippen molar-refractivity contribution in [2.45, 2.75) is 16.6 Å². The third kappa shape index (κ3) is 4.38. The molecule has 0 aliphatic carbocycles. The van der Waals surface area contributed by atoms with Crippen molar-refractivity contribution >= 4 is 29.6 Å². The quantitative estimate of drug-likeness (QED) is 0.253. The molecule has 0 spiro atoms. The van der Waals surface area contributed by atoms with Crippen LogP contribution in [0.4, 0.5) is 0 Å². The zero-order valence-electron chi connectivity index (χ0n) is 18.5. The van der Waals surface area contributed by atoms with Crippen molar-refractivity contribution in [1.82, 2.24) is 0 Å². The Kier molecular flexibility index (Phi) is 6.83. The molecule has 2 atom stereocenters. The van der Waals surface area contributed by atoms with E-state index in [1.54, 1.807) is 19.3 Å². The van der Waals surface area contributed by atoms with Crippen molar-refractivity contribution < 1.29 is 19.1 Å². The molecule has 1 heterocycles. The summed E-state index contributed by atoms with van der Waals surface area (Å²) in [5.74, 6) is -0.0731. The summed E-state index contributed by atoms with van der Waals surface area (Å²) in [5.41, 5.74) is 4.12. The number of benzene rings is 3. The van der Waals surface area contributed by atoms with Gasteiger partial charge in [0.15, 0.2) is 11.2 Å². The van der Waals surface area contributed by atoms with E-state index in [1.165, 1.54) is 18.9 Å². The van der Waals surface area contributed by atoms with Crippen LogP contribution in [0.3, 0.4) is 0 Å². The molecule has 0 N–H and O–H groups in total. The van der Waals surface area contributed by atoms with E-state index in [-0.39, 0.29) is 12.2 Å². The van der Waals surface area contributed by atoms with E-state index < -0.39 is 16.6 Å². The second-order valence-electron chi connectivity index (χ2n) is 7.69. The Morgan fingerprint density at radius 1 is 1.00 bits per heavy atom. The summed E-state index contributed by atoms with van der Waals surface area (Å²) in [6.07, 6.45) is 3.76. The van der Waals surface area contributed by atoms with Crippen LogP contribution in [0.25, 0.3) is 6.08 Å². The van der Waals surface area contributed by atoms with Crippen molar-refractivity contribution in [2.75, 3.05) is 14.2 Å². The largest absolute Gasteiger partial charge is 0.497 e. The van der Waals surface area contributed by atoms with Gasteiger partial charge in [0.05, 0.1) is 19.5 Å². The molecule has 0 aromatic heterocycles. The van der Waals surface area contributed by atoms with Crippen LogP contribution in [0, 0.1) is 5.41 Å². The third-order valence-corrected chi connectivity index (χ3v) is 7.31. The van der Waals surface area contributed by atoms with E-state index in [0.29, 0.717) is 11.3 Å². The summed E-state index contributed by atoms with van der Waals surface area (Å²) >= 11 is 1.51. The van der Waals surface area contributed by atoms with E-state index in [1.807, 2.05) is 78.9 Å². The summed E-state index contributed by atoms with van der Waals surface area (Å²) < 4.78 is 10.5. The fourth-order valence-electron chi connectivity index (χ4n) is 4.06. The summed E-state index contributed by atoms with van der Waals surface area (Å²) in [6, 6.07) is 24.7. The molecule has 0 saturated heterocycles. The molecule has 0 bridgehead atoms. The second-order valence-corrected chi connectivity index (χ2v) is 8.84. The van der Waals surface area contributed by atoms with Crippen molar-refractivity contribution in [1.29, 1.82) is 0 Å². The minimum absolute atomic E-state index is 0.167. The van der Waals surface area contributed by atoms with Crippen molar-refractivity contribution in [3.63, 3.8) is 0 Å². The molecule has 0 amide bonds. The number of carbonyl (C=O) groups excluding carboxylic acids is 2. The number of Topliss-reactive ketones (excluding diaryl/α,β-unsaturated/α-hetero) is 1. The Morgan fingerprint density at radius 3 is 2.39 bits per heavy atom. The molecule has 4 rings (SSSR count). The van der Waals surface area contributed by atoms with Crippen LogP contribution >= 0.6 is 11.8 Å².